The number of hydrogen-bond donors (Lipinski definition) is 1. The summed E-state index contributed by atoms with van der Waals surface area (Å²) in [5.74, 6) is 0.905. The van der Waals surface area contributed by atoms with Gasteiger partial charge in [-0.2, -0.15) is 0 Å². The van der Waals surface area contributed by atoms with E-state index in [0.29, 0.717) is 0 Å². The minimum Gasteiger partial charge on any atom is -0.496 e. The lowest BCUT2D eigenvalue weighted by molar-refractivity contribution is 0.319. The van der Waals surface area contributed by atoms with Crippen LogP contribution in [0.3, 0.4) is 0 Å². The van der Waals surface area contributed by atoms with Crippen LogP contribution < -0.4 is 10.1 Å². The minimum atomic E-state index is 0.757. The van der Waals surface area contributed by atoms with Crippen LogP contribution in [0.1, 0.15) is 5.56 Å². The van der Waals surface area contributed by atoms with Crippen molar-refractivity contribution < 1.29 is 4.74 Å². The van der Waals surface area contributed by atoms with E-state index in [1.54, 1.807) is 7.11 Å². The zero-order valence-corrected chi connectivity index (χ0v) is 10.8. The Morgan fingerprint density at radius 3 is 2.81 bits per heavy atom. The quantitative estimate of drug-likeness (QED) is 0.773. The Labute approximate surface area is 102 Å². The fourth-order valence-electron chi connectivity index (χ4n) is 1.60. The van der Waals surface area contributed by atoms with Gasteiger partial charge in [0.2, 0.25) is 0 Å². The molecule has 1 N–H and O–H groups in total. The zero-order chi connectivity index (χ0) is 12.0. The number of rotatable bonds is 6. The van der Waals surface area contributed by atoms with Gasteiger partial charge in [-0.1, -0.05) is 11.6 Å². The molecule has 1 aromatic rings. The smallest absolute Gasteiger partial charge is 0.122 e. The second-order valence-corrected chi connectivity index (χ2v) is 4.23. The molecule has 0 bridgehead atoms. The summed E-state index contributed by atoms with van der Waals surface area (Å²) in [5, 5.41) is 3.87. The topological polar surface area (TPSA) is 24.5 Å². The second kappa shape index (κ2) is 6.74. The molecular weight excluding hydrogens is 224 g/mol. The molecule has 0 heterocycles. The molecule has 0 aliphatic rings. The van der Waals surface area contributed by atoms with Gasteiger partial charge in [0, 0.05) is 18.2 Å². The van der Waals surface area contributed by atoms with Crippen molar-refractivity contribution in [2.45, 2.75) is 6.42 Å². The van der Waals surface area contributed by atoms with Gasteiger partial charge in [0.15, 0.2) is 0 Å². The van der Waals surface area contributed by atoms with Crippen molar-refractivity contribution >= 4 is 11.6 Å². The molecule has 0 atom stereocenters. The van der Waals surface area contributed by atoms with Crippen LogP contribution in [0, 0.1) is 0 Å². The summed E-state index contributed by atoms with van der Waals surface area (Å²) >= 11 is 5.97. The summed E-state index contributed by atoms with van der Waals surface area (Å²) in [5.41, 5.74) is 1.15. The SMILES string of the molecule is CNCN(C)CCc1cc(Cl)ccc1OC. The predicted octanol–water partition coefficient (Wildman–Crippen LogP) is 2.00. The highest BCUT2D eigenvalue weighted by Gasteiger charge is 2.05. The number of likely N-dealkylation sites (N-methyl/N-ethyl adjacent to an activating group) is 1. The van der Waals surface area contributed by atoms with Gasteiger partial charge in [-0.05, 0) is 44.3 Å². The van der Waals surface area contributed by atoms with Gasteiger partial charge >= 0.3 is 0 Å². The second-order valence-electron chi connectivity index (χ2n) is 3.80. The van der Waals surface area contributed by atoms with Gasteiger partial charge in [-0.3, -0.25) is 4.90 Å². The lowest BCUT2D eigenvalue weighted by Crippen LogP contribution is -2.30. The van der Waals surface area contributed by atoms with E-state index in [-0.39, 0.29) is 0 Å². The molecule has 0 unspecified atom stereocenters. The molecule has 0 fully saturated rings. The van der Waals surface area contributed by atoms with Crippen molar-refractivity contribution in [3.05, 3.63) is 28.8 Å². The molecule has 0 amide bonds. The summed E-state index contributed by atoms with van der Waals surface area (Å²) in [6.07, 6.45) is 0.932. The van der Waals surface area contributed by atoms with Crippen LogP contribution in [-0.2, 0) is 6.42 Å². The molecule has 0 saturated carbocycles. The van der Waals surface area contributed by atoms with Crippen LogP contribution in [0.4, 0.5) is 0 Å². The van der Waals surface area contributed by atoms with Gasteiger partial charge in [0.05, 0.1) is 7.11 Å². The van der Waals surface area contributed by atoms with E-state index in [1.807, 2.05) is 25.2 Å². The van der Waals surface area contributed by atoms with Crippen LogP contribution in [-0.4, -0.2) is 39.3 Å². The largest absolute Gasteiger partial charge is 0.496 e. The molecule has 0 aromatic heterocycles. The van der Waals surface area contributed by atoms with Crippen molar-refractivity contribution in [3.63, 3.8) is 0 Å². The Bertz CT molecular complexity index is 331. The molecule has 0 aliphatic carbocycles. The van der Waals surface area contributed by atoms with Crippen LogP contribution in [0.25, 0.3) is 0 Å². The molecule has 0 radical (unpaired) electrons. The number of methoxy groups -OCH3 is 1. The van der Waals surface area contributed by atoms with Gasteiger partial charge < -0.3 is 10.1 Å². The van der Waals surface area contributed by atoms with Gasteiger partial charge in [0.25, 0.3) is 0 Å². The maximum absolute atomic E-state index is 5.97. The Morgan fingerprint density at radius 2 is 2.19 bits per heavy atom. The number of nitrogens with one attached hydrogen (secondary N) is 1. The average molecular weight is 243 g/mol. The molecule has 0 saturated heterocycles. The van der Waals surface area contributed by atoms with E-state index >= 15 is 0 Å². The molecular formula is C12H19ClN2O. The Morgan fingerprint density at radius 1 is 1.44 bits per heavy atom. The average Bonchev–Trinajstić information content (AvgIpc) is 2.27. The van der Waals surface area contributed by atoms with E-state index in [2.05, 4.69) is 17.3 Å². The third-order valence-corrected chi connectivity index (χ3v) is 2.67. The first-order valence-corrected chi connectivity index (χ1v) is 5.70. The number of ether oxygens (including phenoxy) is 1. The summed E-state index contributed by atoms with van der Waals surface area (Å²) in [4.78, 5) is 2.21. The summed E-state index contributed by atoms with van der Waals surface area (Å²) in [6, 6.07) is 5.73. The van der Waals surface area contributed by atoms with Crippen molar-refractivity contribution in [2.24, 2.45) is 0 Å². The normalized spacial score (nSPS) is 10.8. The first kappa shape index (κ1) is 13.3. The Balaban J connectivity index is 2.61. The standard InChI is InChI=1S/C12H19ClN2O/c1-14-9-15(2)7-6-10-8-11(13)4-5-12(10)16-3/h4-5,8,14H,6-7,9H2,1-3H3. The first-order valence-electron chi connectivity index (χ1n) is 5.33. The number of hydrogen-bond acceptors (Lipinski definition) is 3. The number of benzene rings is 1. The zero-order valence-electron chi connectivity index (χ0n) is 10.1. The van der Waals surface area contributed by atoms with Crippen LogP contribution in [0.5, 0.6) is 5.75 Å². The number of halogens is 1. The molecule has 16 heavy (non-hydrogen) atoms. The van der Waals surface area contributed by atoms with Gasteiger partial charge in [0.1, 0.15) is 5.75 Å². The highest BCUT2D eigenvalue weighted by Crippen LogP contribution is 2.22. The van der Waals surface area contributed by atoms with E-state index in [9.17, 15) is 0 Å². The monoisotopic (exact) mass is 242 g/mol. The minimum absolute atomic E-state index is 0.757. The van der Waals surface area contributed by atoms with Crippen LogP contribution >= 0.6 is 11.6 Å². The van der Waals surface area contributed by atoms with E-state index in [1.165, 1.54) is 0 Å². The predicted molar refractivity (Wildman–Crippen MR) is 68.3 cm³/mol. The van der Waals surface area contributed by atoms with Gasteiger partial charge in [-0.25, -0.2) is 0 Å². The molecule has 3 nitrogen and oxygen atoms in total. The lowest BCUT2D eigenvalue weighted by atomic mass is 10.1. The summed E-state index contributed by atoms with van der Waals surface area (Å²) < 4.78 is 5.30. The molecule has 4 heteroatoms. The van der Waals surface area contributed by atoms with Crippen molar-refractivity contribution in [2.75, 3.05) is 34.4 Å². The lowest BCUT2D eigenvalue weighted by Gasteiger charge is -2.16. The summed E-state index contributed by atoms with van der Waals surface area (Å²) in [6.45, 7) is 1.85. The molecule has 0 aliphatic heterocycles. The highest BCUT2D eigenvalue weighted by molar-refractivity contribution is 6.30. The maximum atomic E-state index is 5.97. The van der Waals surface area contributed by atoms with Crippen molar-refractivity contribution in [1.82, 2.24) is 10.2 Å². The third-order valence-electron chi connectivity index (χ3n) is 2.43. The molecule has 1 aromatic carbocycles. The molecule has 90 valence electrons. The van der Waals surface area contributed by atoms with E-state index in [0.717, 1.165) is 36.0 Å². The van der Waals surface area contributed by atoms with Crippen LogP contribution in [0.15, 0.2) is 18.2 Å². The Hall–Kier alpha value is -0.770. The number of nitrogens with zero attached hydrogens (tertiary/aromatic N) is 1. The summed E-state index contributed by atoms with van der Waals surface area (Å²) in [7, 11) is 5.70. The van der Waals surface area contributed by atoms with Crippen molar-refractivity contribution in [1.29, 1.82) is 0 Å². The first-order chi connectivity index (χ1) is 7.67. The fraction of sp³-hybridized carbons (Fsp3) is 0.500. The third kappa shape index (κ3) is 4.00. The molecule has 0 spiro atoms. The van der Waals surface area contributed by atoms with E-state index < -0.39 is 0 Å². The van der Waals surface area contributed by atoms with E-state index in [4.69, 9.17) is 16.3 Å². The Kier molecular flexibility index (Phi) is 5.60. The maximum Gasteiger partial charge on any atom is 0.122 e. The van der Waals surface area contributed by atoms with Crippen molar-refractivity contribution in [3.8, 4) is 5.75 Å². The van der Waals surface area contributed by atoms with Gasteiger partial charge in [-0.15, -0.1) is 0 Å². The van der Waals surface area contributed by atoms with Crippen LogP contribution in [0.2, 0.25) is 5.02 Å². The fourth-order valence-corrected chi connectivity index (χ4v) is 1.80. The highest BCUT2D eigenvalue weighted by atomic mass is 35.5. The molecule has 1 rings (SSSR count).